The maximum atomic E-state index is 9.00. The minimum absolute atomic E-state index is 1.32. The van der Waals surface area contributed by atoms with E-state index < -0.39 is 0 Å². The van der Waals surface area contributed by atoms with Crippen molar-refractivity contribution in [3.05, 3.63) is 0 Å². The molecule has 0 saturated heterocycles. The minimum Gasteiger partial charge on any atom is -0.172 e. The Kier molecular flexibility index (Phi) is 22.3. The number of hydrogen-bond acceptors (Lipinski definition) is 1. The Morgan fingerprint density at radius 3 is 2.00 bits per heavy atom. The quantitative estimate of drug-likeness (QED) is 0.344. The smallest absolute Gasteiger partial charge is 0.000473 e. The molecule has 0 aromatic rings. The summed E-state index contributed by atoms with van der Waals surface area (Å²) in [6.07, 6.45) is 4.16. The first kappa shape index (κ1) is 11.4. The molecule has 0 fully saturated rings. The van der Waals surface area contributed by atoms with Gasteiger partial charge in [-0.3, -0.25) is 0 Å². The van der Waals surface area contributed by atoms with E-state index >= 15 is 0 Å². The molecule has 1 nitrogen and oxygen atoms in total. The largest absolute Gasteiger partial charge is 0.172 e. The van der Waals surface area contributed by atoms with Gasteiger partial charge in [0.15, 0.2) is 0 Å². The van der Waals surface area contributed by atoms with Crippen LogP contribution in [-0.2, 0) is 0 Å². The molecular formula is C5H13FIN. The van der Waals surface area contributed by atoms with Gasteiger partial charge < -0.3 is 0 Å². The number of hydrogen-bond donors (Lipinski definition) is 1. The Morgan fingerprint density at radius 1 is 1.38 bits per heavy atom. The lowest BCUT2D eigenvalue weighted by Gasteiger charge is -1.85. The van der Waals surface area contributed by atoms with Crippen LogP contribution in [0.2, 0.25) is 0 Å². The van der Waals surface area contributed by atoms with E-state index in [1.807, 2.05) is 0 Å². The molecule has 0 aliphatic heterocycles. The molecule has 0 heterocycles. The van der Waals surface area contributed by atoms with Crippen LogP contribution < -0.4 is 5.96 Å². The molecule has 2 N–H and O–H groups in total. The summed E-state index contributed by atoms with van der Waals surface area (Å²) in [5, 5.41) is 0. The molecule has 52 valence electrons. The monoisotopic (exact) mass is 233 g/mol. The van der Waals surface area contributed by atoms with Crippen molar-refractivity contribution in [2.24, 2.45) is 5.96 Å². The summed E-state index contributed by atoms with van der Waals surface area (Å²) in [7, 11) is 0. The summed E-state index contributed by atoms with van der Waals surface area (Å²) in [5.74, 6) is 3.00. The van der Waals surface area contributed by atoms with E-state index in [0.29, 0.717) is 0 Å². The lowest BCUT2D eigenvalue weighted by molar-refractivity contribution is 0.530. The Bertz CT molecular complexity index is 24.4. The molecule has 0 aliphatic rings. The standard InChI is InChI=1S/C5H11I.FH2N/c1-2-3-4-5-6;1-2/h2-5H2,1H3;2H2. The van der Waals surface area contributed by atoms with Gasteiger partial charge in [-0.05, 0) is 10.8 Å². The second kappa shape index (κ2) is 15.6. The fourth-order valence-corrected chi connectivity index (χ4v) is 0.884. The lowest BCUT2D eigenvalue weighted by atomic mass is 10.3. The van der Waals surface area contributed by atoms with Gasteiger partial charge in [-0.1, -0.05) is 42.4 Å². The van der Waals surface area contributed by atoms with E-state index in [4.69, 9.17) is 4.48 Å². The minimum atomic E-state index is 1.32. The Morgan fingerprint density at radius 2 is 1.88 bits per heavy atom. The topological polar surface area (TPSA) is 26.0 Å². The zero-order valence-corrected chi connectivity index (χ0v) is 7.32. The Hall–Kier alpha value is 0.620. The first-order chi connectivity index (χ1) is 3.91. The number of halogens is 2. The van der Waals surface area contributed by atoms with Crippen LogP contribution in [-0.4, -0.2) is 4.43 Å². The van der Waals surface area contributed by atoms with Gasteiger partial charge >= 0.3 is 0 Å². The van der Waals surface area contributed by atoms with Crippen molar-refractivity contribution in [3.8, 4) is 0 Å². The summed E-state index contributed by atoms with van der Waals surface area (Å²) in [6, 6.07) is 0. The molecular weight excluding hydrogens is 220 g/mol. The highest BCUT2D eigenvalue weighted by molar-refractivity contribution is 14.1. The van der Waals surface area contributed by atoms with Crippen LogP contribution >= 0.6 is 22.6 Å². The van der Waals surface area contributed by atoms with Crippen molar-refractivity contribution in [2.75, 3.05) is 4.43 Å². The molecule has 0 unspecified atom stereocenters. The van der Waals surface area contributed by atoms with Gasteiger partial charge in [0.05, 0.1) is 0 Å². The average Bonchev–Trinajstić information content (AvgIpc) is 1.88. The third kappa shape index (κ3) is 16.0. The molecule has 0 rings (SSSR count). The number of alkyl halides is 1. The fraction of sp³-hybridized carbons (Fsp3) is 1.00. The van der Waals surface area contributed by atoms with E-state index in [2.05, 4.69) is 35.5 Å². The molecule has 0 saturated carbocycles. The molecule has 0 aromatic carbocycles. The van der Waals surface area contributed by atoms with Crippen molar-refractivity contribution in [1.29, 1.82) is 0 Å². The van der Waals surface area contributed by atoms with Crippen LogP contribution in [0.1, 0.15) is 26.2 Å². The van der Waals surface area contributed by atoms with Gasteiger partial charge in [0, 0.05) is 0 Å². The third-order valence-electron chi connectivity index (χ3n) is 0.737. The third-order valence-corrected chi connectivity index (χ3v) is 1.50. The highest BCUT2D eigenvalue weighted by Gasteiger charge is 1.76. The zero-order chi connectivity index (χ0) is 6.83. The molecule has 0 amide bonds. The van der Waals surface area contributed by atoms with Gasteiger partial charge in [0.25, 0.3) is 0 Å². The predicted molar refractivity (Wildman–Crippen MR) is 43.7 cm³/mol. The Balaban J connectivity index is 0. The number of nitrogens with two attached hydrogens (primary N) is 1. The van der Waals surface area contributed by atoms with E-state index in [9.17, 15) is 0 Å². The van der Waals surface area contributed by atoms with Gasteiger partial charge in [-0.15, -0.1) is 4.48 Å². The molecule has 0 radical (unpaired) electrons. The van der Waals surface area contributed by atoms with Crippen molar-refractivity contribution in [1.82, 2.24) is 0 Å². The summed E-state index contributed by atoms with van der Waals surface area (Å²) >= 11 is 2.41. The maximum absolute atomic E-state index is 9.00. The van der Waals surface area contributed by atoms with Gasteiger partial charge in [-0.2, -0.15) is 5.96 Å². The maximum Gasteiger partial charge on any atom is -0.000473 e. The molecule has 0 bridgehead atoms. The summed E-state index contributed by atoms with van der Waals surface area (Å²) < 4.78 is 10.3. The highest BCUT2D eigenvalue weighted by Crippen LogP contribution is 1.96. The van der Waals surface area contributed by atoms with Crippen molar-refractivity contribution < 1.29 is 4.48 Å². The van der Waals surface area contributed by atoms with E-state index in [1.165, 1.54) is 23.7 Å². The summed E-state index contributed by atoms with van der Waals surface area (Å²) in [4.78, 5) is 0. The molecule has 0 aliphatic carbocycles. The van der Waals surface area contributed by atoms with E-state index in [1.54, 1.807) is 0 Å². The molecule has 0 atom stereocenters. The SMILES string of the molecule is CCCCCI.NF. The second-order valence-corrected chi connectivity index (χ2v) is 2.47. The van der Waals surface area contributed by atoms with Crippen LogP contribution in [0.4, 0.5) is 4.48 Å². The number of unbranched alkanes of at least 4 members (excludes halogenated alkanes) is 2. The average molecular weight is 233 g/mol. The second-order valence-electron chi connectivity index (χ2n) is 1.40. The molecule has 0 aromatic heterocycles. The van der Waals surface area contributed by atoms with Gasteiger partial charge in [0.2, 0.25) is 0 Å². The first-order valence-corrected chi connectivity index (χ1v) is 4.22. The highest BCUT2D eigenvalue weighted by atomic mass is 127. The predicted octanol–water partition coefficient (Wildman–Crippen LogP) is 2.44. The van der Waals surface area contributed by atoms with E-state index in [0.717, 1.165) is 0 Å². The lowest BCUT2D eigenvalue weighted by Crippen LogP contribution is -1.70. The van der Waals surface area contributed by atoms with Crippen molar-refractivity contribution in [2.45, 2.75) is 26.2 Å². The normalized spacial score (nSPS) is 7.50. The molecule has 0 spiro atoms. The molecule has 3 heteroatoms. The van der Waals surface area contributed by atoms with Crippen LogP contribution in [0.3, 0.4) is 0 Å². The van der Waals surface area contributed by atoms with Crippen molar-refractivity contribution >= 4 is 22.6 Å². The van der Waals surface area contributed by atoms with Crippen LogP contribution in [0.15, 0.2) is 0 Å². The summed E-state index contributed by atoms with van der Waals surface area (Å²) in [6.45, 7) is 2.23. The molecule has 8 heavy (non-hydrogen) atoms. The van der Waals surface area contributed by atoms with Crippen LogP contribution in [0.5, 0.6) is 0 Å². The van der Waals surface area contributed by atoms with Crippen LogP contribution in [0.25, 0.3) is 0 Å². The fourth-order valence-electron chi connectivity index (χ4n) is 0.344. The Labute approximate surface area is 63.9 Å². The van der Waals surface area contributed by atoms with Gasteiger partial charge in [0.1, 0.15) is 0 Å². The van der Waals surface area contributed by atoms with Crippen LogP contribution in [0, 0.1) is 0 Å². The zero-order valence-electron chi connectivity index (χ0n) is 5.16. The van der Waals surface area contributed by atoms with Gasteiger partial charge in [-0.25, -0.2) is 0 Å². The number of rotatable bonds is 3. The first-order valence-electron chi connectivity index (χ1n) is 2.69. The summed E-state index contributed by atoms with van der Waals surface area (Å²) in [5.41, 5.74) is 0. The van der Waals surface area contributed by atoms with E-state index in [-0.39, 0.29) is 0 Å². The van der Waals surface area contributed by atoms with Crippen molar-refractivity contribution in [3.63, 3.8) is 0 Å².